The highest BCUT2D eigenvalue weighted by molar-refractivity contribution is 7.99. The molecule has 0 aliphatic carbocycles. The van der Waals surface area contributed by atoms with Crippen LogP contribution in [0.1, 0.15) is 38.1 Å². The van der Waals surface area contributed by atoms with Crippen molar-refractivity contribution in [2.24, 2.45) is 0 Å². The molecule has 0 aliphatic heterocycles. The molecule has 1 heterocycles. The summed E-state index contributed by atoms with van der Waals surface area (Å²) in [6.45, 7) is 7.80. The Morgan fingerprint density at radius 1 is 1.06 bits per heavy atom. The lowest BCUT2D eigenvalue weighted by atomic mass is 10.2. The van der Waals surface area contributed by atoms with Crippen LogP contribution in [0.15, 0.2) is 62.7 Å². The lowest BCUT2D eigenvalue weighted by Crippen LogP contribution is -2.33. The smallest absolute Gasteiger partial charge is 0.322 e. The first-order chi connectivity index (χ1) is 15.1. The number of amides is 1. The summed E-state index contributed by atoms with van der Waals surface area (Å²) in [5.41, 5.74) is 1.03. The molecule has 0 spiro atoms. The minimum Gasteiger partial charge on any atom is -0.403 e. The van der Waals surface area contributed by atoms with E-state index in [1.807, 2.05) is 24.3 Å². The van der Waals surface area contributed by atoms with Crippen molar-refractivity contribution in [3.05, 3.63) is 54.1 Å². The second-order valence-corrected chi connectivity index (χ2v) is 11.3. The van der Waals surface area contributed by atoms with Gasteiger partial charge in [0.15, 0.2) is 0 Å². The van der Waals surface area contributed by atoms with Gasteiger partial charge in [0.1, 0.15) is 0 Å². The van der Waals surface area contributed by atoms with Gasteiger partial charge in [-0.2, -0.15) is 4.31 Å². The van der Waals surface area contributed by atoms with Crippen molar-refractivity contribution >= 4 is 33.7 Å². The van der Waals surface area contributed by atoms with Crippen molar-refractivity contribution < 1.29 is 17.6 Å². The van der Waals surface area contributed by atoms with Gasteiger partial charge in [0.2, 0.25) is 15.9 Å². The van der Waals surface area contributed by atoms with Gasteiger partial charge >= 0.3 is 6.01 Å². The van der Waals surface area contributed by atoms with E-state index in [4.69, 9.17) is 4.42 Å². The third-order valence-electron chi connectivity index (χ3n) is 4.62. The van der Waals surface area contributed by atoms with E-state index in [2.05, 4.69) is 29.4 Å². The Balaban J connectivity index is 1.72. The fraction of sp³-hybridized carbons (Fsp3) is 0.318. The fourth-order valence-corrected chi connectivity index (χ4v) is 5.02. The highest BCUT2D eigenvalue weighted by atomic mass is 32.2. The molecule has 3 aromatic rings. The summed E-state index contributed by atoms with van der Waals surface area (Å²) in [6, 6.07) is 13.2. The van der Waals surface area contributed by atoms with Crippen LogP contribution in [-0.2, 0) is 10.0 Å². The molecule has 1 N–H and O–H groups in total. The minimum atomic E-state index is -3.62. The minimum absolute atomic E-state index is 0.0387. The lowest BCUT2D eigenvalue weighted by molar-refractivity contribution is 0.102. The molecule has 0 aliphatic rings. The number of hydrogen-bond acceptors (Lipinski definition) is 7. The van der Waals surface area contributed by atoms with Gasteiger partial charge < -0.3 is 4.42 Å². The number of sulfonamides is 1. The van der Waals surface area contributed by atoms with E-state index in [9.17, 15) is 13.2 Å². The van der Waals surface area contributed by atoms with Gasteiger partial charge in [-0.1, -0.05) is 25.0 Å². The van der Waals surface area contributed by atoms with E-state index < -0.39 is 15.9 Å². The highest BCUT2D eigenvalue weighted by Gasteiger charge is 2.23. The molecule has 0 fully saturated rings. The summed E-state index contributed by atoms with van der Waals surface area (Å²) in [5.74, 6) is -0.185. The second kappa shape index (κ2) is 9.85. The topological polar surface area (TPSA) is 105 Å². The molecule has 3 rings (SSSR count). The SMILES string of the molecule is CC(C)Sc1cccc(-c2nnc(NC(=O)c3ccc(S(=O)(=O)N(C)C(C)C)cc3)o2)c1. The molecule has 0 atom stereocenters. The Morgan fingerprint density at radius 3 is 2.38 bits per heavy atom. The Hall–Kier alpha value is -2.69. The normalized spacial score (nSPS) is 12.0. The molecule has 1 aromatic heterocycles. The van der Waals surface area contributed by atoms with Crippen LogP contribution in [0.3, 0.4) is 0 Å². The van der Waals surface area contributed by atoms with E-state index in [-0.39, 0.29) is 22.5 Å². The second-order valence-electron chi connectivity index (χ2n) is 7.70. The van der Waals surface area contributed by atoms with Gasteiger partial charge in [-0.3, -0.25) is 10.1 Å². The molecule has 0 bridgehead atoms. The van der Waals surface area contributed by atoms with E-state index in [1.54, 1.807) is 25.6 Å². The van der Waals surface area contributed by atoms with Crippen LogP contribution < -0.4 is 5.32 Å². The molecule has 0 saturated heterocycles. The molecule has 0 unspecified atom stereocenters. The van der Waals surface area contributed by atoms with Gasteiger partial charge in [-0.25, -0.2) is 8.42 Å². The maximum atomic E-state index is 12.6. The summed E-state index contributed by atoms with van der Waals surface area (Å²) in [7, 11) is -2.10. The zero-order valence-corrected chi connectivity index (χ0v) is 20.2. The third-order valence-corrected chi connectivity index (χ3v) is 7.66. The van der Waals surface area contributed by atoms with Crippen molar-refractivity contribution in [2.75, 3.05) is 12.4 Å². The summed E-state index contributed by atoms with van der Waals surface area (Å²) >= 11 is 1.72. The first-order valence-electron chi connectivity index (χ1n) is 10.1. The zero-order chi connectivity index (χ0) is 23.5. The Kier molecular flexibility index (Phi) is 7.37. The Bertz CT molecular complexity index is 1190. The van der Waals surface area contributed by atoms with Crippen LogP contribution in [0.5, 0.6) is 0 Å². The number of anilines is 1. The average Bonchev–Trinajstić information content (AvgIpc) is 3.21. The number of carbonyl (C=O) groups excluding carboxylic acids is 1. The summed E-state index contributed by atoms with van der Waals surface area (Å²) in [6.07, 6.45) is 0. The lowest BCUT2D eigenvalue weighted by Gasteiger charge is -2.20. The number of nitrogens with zero attached hydrogens (tertiary/aromatic N) is 3. The predicted octanol–water partition coefficient (Wildman–Crippen LogP) is 4.52. The van der Waals surface area contributed by atoms with E-state index in [0.717, 1.165) is 10.5 Å². The van der Waals surface area contributed by atoms with E-state index in [1.165, 1.54) is 35.6 Å². The summed E-state index contributed by atoms with van der Waals surface area (Å²) < 4.78 is 32.0. The molecule has 1 amide bonds. The summed E-state index contributed by atoms with van der Waals surface area (Å²) in [4.78, 5) is 13.7. The standard InChI is InChI=1S/C22H26N4O4S2/c1-14(2)26(5)32(28,29)19-11-9-16(10-12-19)20(27)23-22-25-24-21(30-22)17-7-6-8-18(13-17)31-15(3)4/h6-15H,1-5H3,(H,23,25,27). The van der Waals surface area contributed by atoms with Gasteiger partial charge in [0.25, 0.3) is 5.91 Å². The quantitative estimate of drug-likeness (QED) is 0.479. The number of hydrogen-bond donors (Lipinski definition) is 1. The molecule has 32 heavy (non-hydrogen) atoms. The average molecular weight is 475 g/mol. The largest absolute Gasteiger partial charge is 0.403 e. The van der Waals surface area contributed by atoms with Crippen LogP contribution in [0.2, 0.25) is 0 Å². The van der Waals surface area contributed by atoms with Crippen LogP contribution in [0.4, 0.5) is 6.01 Å². The fourth-order valence-electron chi connectivity index (χ4n) is 2.76. The molecule has 2 aromatic carbocycles. The van der Waals surface area contributed by atoms with Crippen molar-refractivity contribution in [3.8, 4) is 11.5 Å². The van der Waals surface area contributed by atoms with Crippen molar-refractivity contribution in [3.63, 3.8) is 0 Å². The molecule has 0 radical (unpaired) electrons. The first kappa shape index (κ1) is 24.0. The Morgan fingerprint density at radius 2 is 1.75 bits per heavy atom. The zero-order valence-electron chi connectivity index (χ0n) is 18.6. The molecular formula is C22H26N4O4S2. The third kappa shape index (κ3) is 5.56. The maximum Gasteiger partial charge on any atom is 0.322 e. The predicted molar refractivity (Wildman–Crippen MR) is 125 cm³/mol. The van der Waals surface area contributed by atoms with Gasteiger partial charge in [-0.05, 0) is 56.3 Å². The molecule has 10 heteroatoms. The highest BCUT2D eigenvalue weighted by Crippen LogP contribution is 2.28. The number of aromatic nitrogens is 2. The van der Waals surface area contributed by atoms with Gasteiger partial charge in [-0.15, -0.1) is 16.9 Å². The van der Waals surface area contributed by atoms with Crippen molar-refractivity contribution in [2.45, 2.75) is 48.8 Å². The Labute approximate surface area is 192 Å². The van der Waals surface area contributed by atoms with Gasteiger partial charge in [0.05, 0.1) is 4.90 Å². The molecule has 8 nitrogen and oxygen atoms in total. The van der Waals surface area contributed by atoms with E-state index >= 15 is 0 Å². The van der Waals surface area contributed by atoms with Crippen LogP contribution in [-0.4, -0.2) is 47.2 Å². The molecule has 0 saturated carbocycles. The van der Waals surface area contributed by atoms with E-state index in [0.29, 0.717) is 11.1 Å². The van der Waals surface area contributed by atoms with Crippen molar-refractivity contribution in [1.29, 1.82) is 0 Å². The number of benzene rings is 2. The van der Waals surface area contributed by atoms with Crippen LogP contribution in [0.25, 0.3) is 11.5 Å². The summed E-state index contributed by atoms with van der Waals surface area (Å²) in [5, 5.41) is 10.9. The molecular weight excluding hydrogens is 448 g/mol. The molecule has 170 valence electrons. The maximum absolute atomic E-state index is 12.6. The van der Waals surface area contributed by atoms with Gasteiger partial charge in [0, 0.05) is 34.4 Å². The number of rotatable bonds is 8. The van der Waals surface area contributed by atoms with Crippen LogP contribution in [0, 0.1) is 0 Å². The van der Waals surface area contributed by atoms with Crippen LogP contribution >= 0.6 is 11.8 Å². The number of nitrogens with one attached hydrogen (secondary N) is 1. The number of carbonyl (C=O) groups is 1. The number of thioether (sulfide) groups is 1. The first-order valence-corrected chi connectivity index (χ1v) is 12.4. The van der Waals surface area contributed by atoms with Crippen molar-refractivity contribution in [1.82, 2.24) is 14.5 Å². The monoisotopic (exact) mass is 474 g/mol.